The fraction of sp³-hybridized carbons (Fsp3) is 0.727. The first-order valence-electron chi connectivity index (χ1n) is 5.54. The summed E-state index contributed by atoms with van der Waals surface area (Å²) in [5, 5.41) is 13.7. The van der Waals surface area contributed by atoms with Gasteiger partial charge in [-0.05, 0) is 31.7 Å². The molecule has 0 saturated heterocycles. The van der Waals surface area contributed by atoms with E-state index < -0.39 is 0 Å². The monoisotopic (exact) mass is 209 g/mol. The van der Waals surface area contributed by atoms with Gasteiger partial charge >= 0.3 is 0 Å². The van der Waals surface area contributed by atoms with E-state index in [1.165, 1.54) is 5.69 Å². The van der Waals surface area contributed by atoms with Gasteiger partial charge in [0.05, 0.1) is 6.10 Å². The summed E-state index contributed by atoms with van der Waals surface area (Å²) in [6.45, 7) is 0.638. The van der Waals surface area contributed by atoms with E-state index in [2.05, 4.69) is 5.10 Å². The number of aromatic nitrogens is 2. The Morgan fingerprint density at radius 1 is 1.60 bits per heavy atom. The van der Waals surface area contributed by atoms with Crippen LogP contribution in [0.4, 0.5) is 0 Å². The van der Waals surface area contributed by atoms with Crippen molar-refractivity contribution in [3.8, 4) is 0 Å². The number of rotatable bonds is 2. The topological polar surface area (TPSA) is 64.1 Å². The zero-order chi connectivity index (χ0) is 10.9. The Morgan fingerprint density at radius 3 is 2.73 bits per heavy atom. The van der Waals surface area contributed by atoms with E-state index in [0.717, 1.165) is 25.7 Å². The molecule has 1 saturated carbocycles. The molecule has 3 N–H and O–H groups in total. The van der Waals surface area contributed by atoms with E-state index in [1.54, 1.807) is 0 Å². The van der Waals surface area contributed by atoms with Crippen LogP contribution in [0.15, 0.2) is 12.3 Å². The van der Waals surface area contributed by atoms with Gasteiger partial charge in [-0.15, -0.1) is 0 Å². The highest BCUT2D eigenvalue weighted by Gasteiger charge is 2.37. The second-order valence-electron chi connectivity index (χ2n) is 4.56. The van der Waals surface area contributed by atoms with Crippen molar-refractivity contribution in [2.24, 2.45) is 12.8 Å². The largest absolute Gasteiger partial charge is 0.393 e. The van der Waals surface area contributed by atoms with E-state index >= 15 is 0 Å². The van der Waals surface area contributed by atoms with E-state index in [1.807, 2.05) is 24.0 Å². The van der Waals surface area contributed by atoms with Gasteiger partial charge in [-0.2, -0.15) is 5.10 Å². The average Bonchev–Trinajstić information content (AvgIpc) is 2.67. The molecule has 0 spiro atoms. The van der Waals surface area contributed by atoms with Crippen molar-refractivity contribution in [2.45, 2.75) is 37.2 Å². The first-order chi connectivity index (χ1) is 7.18. The zero-order valence-electron chi connectivity index (χ0n) is 9.19. The number of aliphatic hydroxyl groups excluding tert-OH is 1. The lowest BCUT2D eigenvalue weighted by Crippen LogP contribution is -2.41. The smallest absolute Gasteiger partial charge is 0.0541 e. The Hall–Kier alpha value is -0.870. The lowest BCUT2D eigenvalue weighted by Gasteiger charge is -2.38. The van der Waals surface area contributed by atoms with Crippen LogP contribution in [0.5, 0.6) is 0 Å². The molecule has 0 radical (unpaired) electrons. The fourth-order valence-electron chi connectivity index (χ4n) is 2.61. The molecule has 15 heavy (non-hydrogen) atoms. The molecule has 0 bridgehead atoms. The van der Waals surface area contributed by atoms with E-state index in [4.69, 9.17) is 5.73 Å². The molecule has 0 aliphatic heterocycles. The summed E-state index contributed by atoms with van der Waals surface area (Å²) < 4.78 is 1.91. The van der Waals surface area contributed by atoms with E-state index in [-0.39, 0.29) is 11.5 Å². The third-order valence-corrected chi connectivity index (χ3v) is 3.67. The van der Waals surface area contributed by atoms with Gasteiger partial charge < -0.3 is 10.8 Å². The van der Waals surface area contributed by atoms with Crippen LogP contribution in [0.25, 0.3) is 0 Å². The van der Waals surface area contributed by atoms with Crippen LogP contribution in [-0.2, 0) is 12.5 Å². The summed E-state index contributed by atoms with van der Waals surface area (Å²) in [6, 6.07) is 2.05. The summed E-state index contributed by atoms with van der Waals surface area (Å²) in [5.41, 5.74) is 7.16. The summed E-state index contributed by atoms with van der Waals surface area (Å²) in [6.07, 6.45) is 5.30. The number of aliphatic hydroxyl groups is 1. The van der Waals surface area contributed by atoms with Gasteiger partial charge in [-0.3, -0.25) is 4.68 Å². The molecule has 1 aromatic rings. The number of nitrogens with two attached hydrogens (primary N) is 1. The standard InChI is InChI=1S/C11H19N3O/c1-14-10(4-7-13-14)11(8-12)5-2-9(15)3-6-11/h4,7,9,15H,2-3,5-6,8,12H2,1H3. The lowest BCUT2D eigenvalue weighted by atomic mass is 9.71. The second-order valence-corrected chi connectivity index (χ2v) is 4.56. The Kier molecular flexibility index (Phi) is 2.80. The lowest BCUT2D eigenvalue weighted by molar-refractivity contribution is 0.0949. The minimum atomic E-state index is -0.141. The molecule has 4 heteroatoms. The Balaban J connectivity index is 2.26. The van der Waals surface area contributed by atoms with Crippen LogP contribution < -0.4 is 5.73 Å². The average molecular weight is 209 g/mol. The highest BCUT2D eigenvalue weighted by Crippen LogP contribution is 2.38. The fourth-order valence-corrected chi connectivity index (χ4v) is 2.61. The summed E-state index contributed by atoms with van der Waals surface area (Å²) in [4.78, 5) is 0. The molecule has 0 unspecified atom stereocenters. The molecule has 4 nitrogen and oxygen atoms in total. The van der Waals surface area contributed by atoms with Crippen LogP contribution in [0.1, 0.15) is 31.4 Å². The summed E-state index contributed by atoms with van der Waals surface area (Å²) >= 11 is 0. The van der Waals surface area contributed by atoms with Crippen LogP contribution in [0.3, 0.4) is 0 Å². The van der Waals surface area contributed by atoms with Crippen molar-refractivity contribution in [3.05, 3.63) is 18.0 Å². The number of hydrogen-bond donors (Lipinski definition) is 2. The highest BCUT2D eigenvalue weighted by atomic mass is 16.3. The van der Waals surface area contributed by atoms with Crippen LogP contribution >= 0.6 is 0 Å². The van der Waals surface area contributed by atoms with E-state index in [0.29, 0.717) is 6.54 Å². The third-order valence-electron chi connectivity index (χ3n) is 3.67. The van der Waals surface area contributed by atoms with Gasteiger partial charge in [-0.1, -0.05) is 0 Å². The predicted octanol–water partition coefficient (Wildman–Crippen LogP) is 0.551. The van der Waals surface area contributed by atoms with Crippen LogP contribution in [0, 0.1) is 0 Å². The van der Waals surface area contributed by atoms with Crippen molar-refractivity contribution in [3.63, 3.8) is 0 Å². The Labute approximate surface area is 90.1 Å². The number of hydrogen-bond acceptors (Lipinski definition) is 3. The van der Waals surface area contributed by atoms with Gasteiger partial charge in [0, 0.05) is 30.9 Å². The minimum Gasteiger partial charge on any atom is -0.393 e. The zero-order valence-corrected chi connectivity index (χ0v) is 9.19. The molecular weight excluding hydrogens is 190 g/mol. The normalized spacial score (nSPS) is 31.8. The molecule has 0 amide bonds. The van der Waals surface area contributed by atoms with Crippen molar-refractivity contribution in [1.82, 2.24) is 9.78 Å². The molecule has 1 aromatic heterocycles. The first-order valence-corrected chi connectivity index (χ1v) is 5.54. The third kappa shape index (κ3) is 1.79. The molecule has 1 fully saturated rings. The molecule has 0 aromatic carbocycles. The van der Waals surface area contributed by atoms with Gasteiger partial charge in [0.15, 0.2) is 0 Å². The molecule has 84 valence electrons. The van der Waals surface area contributed by atoms with Crippen molar-refractivity contribution < 1.29 is 5.11 Å². The molecule has 2 rings (SSSR count). The first kappa shape index (κ1) is 10.6. The van der Waals surface area contributed by atoms with Crippen molar-refractivity contribution in [1.29, 1.82) is 0 Å². The summed E-state index contributed by atoms with van der Waals surface area (Å²) in [7, 11) is 1.96. The highest BCUT2D eigenvalue weighted by molar-refractivity contribution is 5.18. The second kappa shape index (κ2) is 3.94. The molecule has 1 aliphatic rings. The number of aryl methyl sites for hydroxylation is 1. The van der Waals surface area contributed by atoms with Gasteiger partial charge in [0.25, 0.3) is 0 Å². The van der Waals surface area contributed by atoms with E-state index in [9.17, 15) is 5.11 Å². The maximum Gasteiger partial charge on any atom is 0.0541 e. The SMILES string of the molecule is Cn1nccc1C1(CN)CCC(O)CC1. The predicted molar refractivity (Wildman–Crippen MR) is 58.4 cm³/mol. The quantitative estimate of drug-likeness (QED) is 0.747. The number of nitrogens with zero attached hydrogens (tertiary/aromatic N) is 2. The van der Waals surface area contributed by atoms with Crippen molar-refractivity contribution >= 4 is 0 Å². The van der Waals surface area contributed by atoms with Crippen LogP contribution in [-0.4, -0.2) is 27.5 Å². The van der Waals surface area contributed by atoms with Gasteiger partial charge in [0.2, 0.25) is 0 Å². The van der Waals surface area contributed by atoms with Crippen LogP contribution in [0.2, 0.25) is 0 Å². The summed E-state index contributed by atoms with van der Waals surface area (Å²) in [5.74, 6) is 0. The van der Waals surface area contributed by atoms with Gasteiger partial charge in [-0.25, -0.2) is 0 Å². The molecule has 1 aliphatic carbocycles. The Bertz CT molecular complexity index is 326. The van der Waals surface area contributed by atoms with Crippen molar-refractivity contribution in [2.75, 3.05) is 6.54 Å². The molecular formula is C11H19N3O. The van der Waals surface area contributed by atoms with Gasteiger partial charge in [0.1, 0.15) is 0 Å². The minimum absolute atomic E-state index is 0.0322. The maximum atomic E-state index is 9.54. The Morgan fingerprint density at radius 2 is 2.27 bits per heavy atom. The maximum absolute atomic E-state index is 9.54. The molecule has 0 atom stereocenters. The molecule has 1 heterocycles.